The first-order chi connectivity index (χ1) is 8.34. The van der Waals surface area contributed by atoms with Crippen LogP contribution in [0.4, 0.5) is 0 Å². The summed E-state index contributed by atoms with van der Waals surface area (Å²) < 4.78 is 10.6. The van der Waals surface area contributed by atoms with E-state index in [9.17, 15) is 5.11 Å². The molecule has 1 N–H and O–H groups in total. The normalized spacial score (nSPS) is 11.8. The minimum atomic E-state index is -0.974. The standard InChI is InChI=1S/C14H14O3/c15-14(17-13-9-5-2-6-10-13)11-16-12-7-3-1-4-8-12/h1-10,14-15H,11H2. The molecule has 3 heteroatoms. The largest absolute Gasteiger partial charge is 0.487 e. The Morgan fingerprint density at radius 1 is 0.824 bits per heavy atom. The lowest BCUT2D eigenvalue weighted by Crippen LogP contribution is -2.24. The molecule has 88 valence electrons. The van der Waals surface area contributed by atoms with Gasteiger partial charge < -0.3 is 14.6 Å². The average molecular weight is 230 g/mol. The average Bonchev–Trinajstić information content (AvgIpc) is 2.39. The molecule has 0 saturated carbocycles. The Morgan fingerprint density at radius 3 is 1.94 bits per heavy atom. The number of para-hydroxylation sites is 2. The molecule has 0 spiro atoms. The molecule has 0 saturated heterocycles. The molecule has 0 heterocycles. The van der Waals surface area contributed by atoms with Crippen LogP contribution in [0.5, 0.6) is 11.5 Å². The van der Waals surface area contributed by atoms with Gasteiger partial charge in [-0.15, -0.1) is 0 Å². The second-order valence-electron chi connectivity index (χ2n) is 3.51. The highest BCUT2D eigenvalue weighted by atomic mass is 16.6. The number of hydrogen-bond acceptors (Lipinski definition) is 3. The van der Waals surface area contributed by atoms with Crippen molar-refractivity contribution in [2.45, 2.75) is 6.29 Å². The molecule has 0 aliphatic rings. The van der Waals surface area contributed by atoms with Crippen molar-refractivity contribution >= 4 is 0 Å². The van der Waals surface area contributed by atoms with E-state index in [0.29, 0.717) is 11.5 Å². The molecule has 3 nitrogen and oxygen atoms in total. The fourth-order valence-electron chi connectivity index (χ4n) is 1.37. The Bertz CT molecular complexity index is 428. The van der Waals surface area contributed by atoms with Crippen molar-refractivity contribution in [3.8, 4) is 11.5 Å². The van der Waals surface area contributed by atoms with Gasteiger partial charge in [0.25, 0.3) is 0 Å². The molecule has 0 radical (unpaired) electrons. The van der Waals surface area contributed by atoms with Crippen LogP contribution in [0.2, 0.25) is 0 Å². The molecular weight excluding hydrogens is 216 g/mol. The van der Waals surface area contributed by atoms with E-state index in [-0.39, 0.29) is 6.61 Å². The molecule has 0 fully saturated rings. The van der Waals surface area contributed by atoms with Gasteiger partial charge in [0.1, 0.15) is 11.5 Å². The number of benzene rings is 2. The third-order valence-corrected chi connectivity index (χ3v) is 2.15. The van der Waals surface area contributed by atoms with E-state index in [1.165, 1.54) is 0 Å². The predicted octanol–water partition coefficient (Wildman–Crippen LogP) is 2.46. The van der Waals surface area contributed by atoms with Crippen molar-refractivity contribution in [3.63, 3.8) is 0 Å². The summed E-state index contributed by atoms with van der Waals surface area (Å²) in [6, 6.07) is 18.5. The van der Waals surface area contributed by atoms with Gasteiger partial charge in [-0.25, -0.2) is 0 Å². The van der Waals surface area contributed by atoms with Crippen LogP contribution in [0.3, 0.4) is 0 Å². The van der Waals surface area contributed by atoms with Crippen molar-refractivity contribution < 1.29 is 14.6 Å². The fraction of sp³-hybridized carbons (Fsp3) is 0.143. The molecule has 2 rings (SSSR count). The lowest BCUT2D eigenvalue weighted by atomic mass is 10.3. The van der Waals surface area contributed by atoms with Crippen LogP contribution in [-0.4, -0.2) is 18.0 Å². The quantitative estimate of drug-likeness (QED) is 0.802. The van der Waals surface area contributed by atoms with Crippen molar-refractivity contribution in [2.24, 2.45) is 0 Å². The van der Waals surface area contributed by atoms with E-state index < -0.39 is 6.29 Å². The molecular formula is C14H14O3. The third-order valence-electron chi connectivity index (χ3n) is 2.15. The number of hydrogen-bond donors (Lipinski definition) is 1. The first-order valence-electron chi connectivity index (χ1n) is 5.42. The van der Waals surface area contributed by atoms with Crippen molar-refractivity contribution in [1.82, 2.24) is 0 Å². The van der Waals surface area contributed by atoms with E-state index in [1.54, 1.807) is 12.1 Å². The second-order valence-corrected chi connectivity index (χ2v) is 3.51. The summed E-state index contributed by atoms with van der Waals surface area (Å²) >= 11 is 0. The first kappa shape index (κ1) is 11.5. The molecule has 0 amide bonds. The van der Waals surface area contributed by atoms with Gasteiger partial charge in [-0.3, -0.25) is 0 Å². The van der Waals surface area contributed by atoms with Crippen LogP contribution in [-0.2, 0) is 0 Å². The summed E-state index contributed by atoms with van der Waals surface area (Å²) in [6.07, 6.45) is -0.974. The topological polar surface area (TPSA) is 38.7 Å². The maximum absolute atomic E-state index is 9.62. The van der Waals surface area contributed by atoms with Gasteiger partial charge in [0.05, 0.1) is 0 Å². The first-order valence-corrected chi connectivity index (χ1v) is 5.42. The smallest absolute Gasteiger partial charge is 0.231 e. The summed E-state index contributed by atoms with van der Waals surface area (Å²) in [6.45, 7) is 0.0961. The maximum Gasteiger partial charge on any atom is 0.231 e. The van der Waals surface area contributed by atoms with Crippen LogP contribution in [0.25, 0.3) is 0 Å². The minimum absolute atomic E-state index is 0.0961. The molecule has 0 aliphatic heterocycles. The Balaban J connectivity index is 1.80. The van der Waals surface area contributed by atoms with Gasteiger partial charge in [-0.1, -0.05) is 36.4 Å². The lowest BCUT2D eigenvalue weighted by molar-refractivity contribution is -0.0478. The van der Waals surface area contributed by atoms with Crippen LogP contribution in [0.1, 0.15) is 0 Å². The van der Waals surface area contributed by atoms with Crippen molar-refractivity contribution in [3.05, 3.63) is 60.7 Å². The fourth-order valence-corrected chi connectivity index (χ4v) is 1.37. The monoisotopic (exact) mass is 230 g/mol. The summed E-state index contributed by atoms with van der Waals surface area (Å²) in [5.74, 6) is 1.33. The summed E-state index contributed by atoms with van der Waals surface area (Å²) in [5, 5.41) is 9.62. The van der Waals surface area contributed by atoms with Gasteiger partial charge >= 0.3 is 0 Å². The van der Waals surface area contributed by atoms with Crippen LogP contribution in [0.15, 0.2) is 60.7 Å². The number of aliphatic hydroxyl groups is 1. The zero-order valence-electron chi connectivity index (χ0n) is 9.32. The Morgan fingerprint density at radius 2 is 1.35 bits per heavy atom. The van der Waals surface area contributed by atoms with Crippen LogP contribution in [0, 0.1) is 0 Å². The van der Waals surface area contributed by atoms with Gasteiger partial charge in [0.2, 0.25) is 6.29 Å². The van der Waals surface area contributed by atoms with Gasteiger partial charge in [0, 0.05) is 0 Å². The van der Waals surface area contributed by atoms with E-state index in [4.69, 9.17) is 9.47 Å². The molecule has 2 aromatic carbocycles. The molecule has 0 aromatic heterocycles. The maximum atomic E-state index is 9.62. The molecule has 1 atom stereocenters. The molecule has 0 bridgehead atoms. The van der Waals surface area contributed by atoms with Crippen molar-refractivity contribution in [2.75, 3.05) is 6.61 Å². The summed E-state index contributed by atoms with van der Waals surface area (Å²) in [7, 11) is 0. The lowest BCUT2D eigenvalue weighted by Gasteiger charge is -2.14. The number of ether oxygens (including phenoxy) is 2. The summed E-state index contributed by atoms with van der Waals surface area (Å²) in [4.78, 5) is 0. The minimum Gasteiger partial charge on any atom is -0.487 e. The highest BCUT2D eigenvalue weighted by molar-refractivity contribution is 5.22. The zero-order valence-corrected chi connectivity index (χ0v) is 9.32. The predicted molar refractivity (Wildman–Crippen MR) is 65.0 cm³/mol. The Kier molecular flexibility index (Phi) is 4.00. The SMILES string of the molecule is OC(COc1ccccc1)Oc1ccccc1. The van der Waals surface area contributed by atoms with Gasteiger partial charge in [0.15, 0.2) is 6.61 Å². The van der Waals surface area contributed by atoms with E-state index in [2.05, 4.69) is 0 Å². The third kappa shape index (κ3) is 3.81. The van der Waals surface area contributed by atoms with Gasteiger partial charge in [-0.2, -0.15) is 0 Å². The van der Waals surface area contributed by atoms with Crippen LogP contribution >= 0.6 is 0 Å². The molecule has 17 heavy (non-hydrogen) atoms. The van der Waals surface area contributed by atoms with E-state index >= 15 is 0 Å². The van der Waals surface area contributed by atoms with Crippen molar-refractivity contribution in [1.29, 1.82) is 0 Å². The second kappa shape index (κ2) is 5.92. The molecule has 2 aromatic rings. The number of aliphatic hydroxyl groups excluding tert-OH is 1. The molecule has 1 unspecified atom stereocenters. The summed E-state index contributed by atoms with van der Waals surface area (Å²) in [5.41, 5.74) is 0. The van der Waals surface area contributed by atoms with E-state index in [1.807, 2.05) is 48.5 Å². The zero-order chi connectivity index (χ0) is 11.9. The Hall–Kier alpha value is -2.00. The molecule has 0 aliphatic carbocycles. The van der Waals surface area contributed by atoms with Crippen LogP contribution < -0.4 is 9.47 Å². The highest BCUT2D eigenvalue weighted by Crippen LogP contribution is 2.12. The van der Waals surface area contributed by atoms with E-state index in [0.717, 1.165) is 0 Å². The van der Waals surface area contributed by atoms with Gasteiger partial charge in [-0.05, 0) is 24.3 Å². The Labute approximate surface area is 100 Å². The number of rotatable bonds is 5. The highest BCUT2D eigenvalue weighted by Gasteiger charge is 2.06.